The van der Waals surface area contributed by atoms with Gasteiger partial charge in [0.05, 0.1) is 17.9 Å². The van der Waals surface area contributed by atoms with Gasteiger partial charge < -0.3 is 15.4 Å². The Morgan fingerprint density at radius 2 is 1.75 bits per heavy atom. The number of hydrogen-bond acceptors (Lipinski definition) is 3. The third-order valence-electron chi connectivity index (χ3n) is 2.82. The zero-order valence-corrected chi connectivity index (χ0v) is 11.4. The number of carbonyl (C=O) groups is 1. The van der Waals surface area contributed by atoms with Crippen LogP contribution in [0.2, 0.25) is 0 Å². The summed E-state index contributed by atoms with van der Waals surface area (Å²) in [5, 5.41) is 6.07. The Balaban J connectivity index is 2.11. The zero-order chi connectivity index (χ0) is 14.2. The van der Waals surface area contributed by atoms with Gasteiger partial charge >= 0.3 is 0 Å². The number of para-hydroxylation sites is 2. The van der Waals surface area contributed by atoms with Gasteiger partial charge in [0.1, 0.15) is 0 Å². The maximum atomic E-state index is 12.1. The van der Waals surface area contributed by atoms with Crippen LogP contribution in [0.5, 0.6) is 0 Å². The first-order valence-corrected chi connectivity index (χ1v) is 6.49. The van der Waals surface area contributed by atoms with Crippen LogP contribution in [-0.4, -0.2) is 26.2 Å². The maximum Gasteiger partial charge on any atom is 0.253 e. The number of hydrogen-bond donors (Lipinski definition) is 2. The van der Waals surface area contributed by atoms with Crippen LogP contribution in [0.25, 0.3) is 0 Å². The summed E-state index contributed by atoms with van der Waals surface area (Å²) in [6, 6.07) is 17.2. The molecule has 0 aliphatic carbocycles. The van der Waals surface area contributed by atoms with Gasteiger partial charge in [-0.3, -0.25) is 4.79 Å². The molecule has 104 valence electrons. The Morgan fingerprint density at radius 1 is 1.05 bits per heavy atom. The van der Waals surface area contributed by atoms with E-state index in [9.17, 15) is 4.79 Å². The van der Waals surface area contributed by atoms with Gasteiger partial charge in [0.25, 0.3) is 5.91 Å². The molecule has 0 aromatic heterocycles. The van der Waals surface area contributed by atoms with Gasteiger partial charge in [-0.25, -0.2) is 0 Å². The van der Waals surface area contributed by atoms with Crippen molar-refractivity contribution in [2.24, 2.45) is 0 Å². The molecular weight excluding hydrogens is 252 g/mol. The van der Waals surface area contributed by atoms with E-state index in [1.807, 2.05) is 48.5 Å². The molecule has 0 spiro atoms. The summed E-state index contributed by atoms with van der Waals surface area (Å²) in [5.74, 6) is -0.110. The van der Waals surface area contributed by atoms with E-state index in [0.29, 0.717) is 18.7 Å². The molecule has 0 heterocycles. The number of amides is 1. The fourth-order valence-corrected chi connectivity index (χ4v) is 1.83. The van der Waals surface area contributed by atoms with Crippen molar-refractivity contribution in [1.82, 2.24) is 5.32 Å². The van der Waals surface area contributed by atoms with Crippen molar-refractivity contribution in [1.29, 1.82) is 0 Å². The Morgan fingerprint density at radius 3 is 2.50 bits per heavy atom. The largest absolute Gasteiger partial charge is 0.383 e. The molecule has 2 aromatic rings. The Kier molecular flexibility index (Phi) is 5.15. The lowest BCUT2D eigenvalue weighted by atomic mass is 10.1. The predicted octanol–water partition coefficient (Wildman–Crippen LogP) is 2.81. The molecule has 0 aliphatic heterocycles. The highest BCUT2D eigenvalue weighted by Crippen LogP contribution is 2.20. The molecule has 2 rings (SSSR count). The lowest BCUT2D eigenvalue weighted by molar-refractivity contribution is 0.0938. The van der Waals surface area contributed by atoms with Crippen molar-refractivity contribution >= 4 is 17.3 Å². The molecule has 0 aliphatic rings. The molecule has 0 atom stereocenters. The molecule has 0 saturated heterocycles. The van der Waals surface area contributed by atoms with Gasteiger partial charge in [-0.15, -0.1) is 0 Å². The molecule has 20 heavy (non-hydrogen) atoms. The predicted molar refractivity (Wildman–Crippen MR) is 80.4 cm³/mol. The highest BCUT2D eigenvalue weighted by Gasteiger charge is 2.10. The molecule has 4 nitrogen and oxygen atoms in total. The van der Waals surface area contributed by atoms with Gasteiger partial charge in [0.15, 0.2) is 0 Å². The van der Waals surface area contributed by atoms with Gasteiger partial charge in [0.2, 0.25) is 0 Å². The SMILES string of the molecule is COCCNC(=O)c1ccccc1Nc1ccccc1. The number of rotatable bonds is 6. The molecule has 1 amide bonds. The molecule has 0 radical (unpaired) electrons. The van der Waals surface area contributed by atoms with Crippen molar-refractivity contribution in [3.63, 3.8) is 0 Å². The fourth-order valence-electron chi connectivity index (χ4n) is 1.83. The summed E-state index contributed by atoms with van der Waals surface area (Å²) in [5.41, 5.74) is 2.35. The van der Waals surface area contributed by atoms with Crippen molar-refractivity contribution in [2.45, 2.75) is 0 Å². The van der Waals surface area contributed by atoms with E-state index < -0.39 is 0 Å². The quantitative estimate of drug-likeness (QED) is 0.794. The Hall–Kier alpha value is -2.33. The molecule has 0 saturated carbocycles. The van der Waals surface area contributed by atoms with Crippen LogP contribution in [0.1, 0.15) is 10.4 Å². The van der Waals surface area contributed by atoms with Crippen LogP contribution in [0, 0.1) is 0 Å². The van der Waals surface area contributed by atoms with Gasteiger partial charge in [-0.1, -0.05) is 30.3 Å². The van der Waals surface area contributed by atoms with Gasteiger partial charge in [-0.05, 0) is 24.3 Å². The van der Waals surface area contributed by atoms with Crippen LogP contribution < -0.4 is 10.6 Å². The van der Waals surface area contributed by atoms with E-state index in [1.165, 1.54) is 0 Å². The summed E-state index contributed by atoms with van der Waals surface area (Å²) in [4.78, 5) is 12.1. The number of ether oxygens (including phenoxy) is 1. The van der Waals surface area contributed by atoms with E-state index in [-0.39, 0.29) is 5.91 Å². The number of methoxy groups -OCH3 is 1. The van der Waals surface area contributed by atoms with Crippen molar-refractivity contribution in [3.05, 3.63) is 60.2 Å². The van der Waals surface area contributed by atoms with E-state index in [2.05, 4.69) is 10.6 Å². The van der Waals surface area contributed by atoms with Gasteiger partial charge in [-0.2, -0.15) is 0 Å². The molecular formula is C16H18N2O2. The molecule has 0 unspecified atom stereocenters. The van der Waals surface area contributed by atoms with Crippen molar-refractivity contribution in [3.8, 4) is 0 Å². The summed E-state index contributed by atoms with van der Waals surface area (Å²) in [6.07, 6.45) is 0. The highest BCUT2D eigenvalue weighted by molar-refractivity contribution is 6.00. The van der Waals surface area contributed by atoms with Crippen LogP contribution in [-0.2, 0) is 4.74 Å². The highest BCUT2D eigenvalue weighted by atomic mass is 16.5. The van der Waals surface area contributed by atoms with Crippen LogP contribution in [0.3, 0.4) is 0 Å². The lowest BCUT2D eigenvalue weighted by Gasteiger charge is -2.12. The normalized spacial score (nSPS) is 10.1. The molecule has 0 fully saturated rings. The summed E-state index contributed by atoms with van der Waals surface area (Å²) >= 11 is 0. The smallest absolute Gasteiger partial charge is 0.253 e. The minimum absolute atomic E-state index is 0.110. The van der Waals surface area contributed by atoms with Crippen molar-refractivity contribution in [2.75, 3.05) is 25.6 Å². The minimum Gasteiger partial charge on any atom is -0.383 e. The summed E-state index contributed by atoms with van der Waals surface area (Å²) in [7, 11) is 1.61. The number of nitrogens with one attached hydrogen (secondary N) is 2. The lowest BCUT2D eigenvalue weighted by Crippen LogP contribution is -2.27. The average Bonchev–Trinajstić information content (AvgIpc) is 2.49. The van der Waals surface area contributed by atoms with E-state index in [4.69, 9.17) is 4.74 Å². The summed E-state index contributed by atoms with van der Waals surface area (Å²) in [6.45, 7) is 0.995. The Bertz CT molecular complexity index is 555. The van der Waals surface area contributed by atoms with Gasteiger partial charge in [0, 0.05) is 19.3 Å². The van der Waals surface area contributed by atoms with Crippen molar-refractivity contribution < 1.29 is 9.53 Å². The third-order valence-corrected chi connectivity index (χ3v) is 2.82. The first kappa shape index (κ1) is 14.1. The van der Waals surface area contributed by atoms with Crippen LogP contribution in [0.4, 0.5) is 11.4 Å². The molecule has 0 bridgehead atoms. The van der Waals surface area contributed by atoms with E-state index >= 15 is 0 Å². The third kappa shape index (κ3) is 3.83. The topological polar surface area (TPSA) is 50.4 Å². The number of carbonyl (C=O) groups excluding carboxylic acids is 1. The van der Waals surface area contributed by atoms with Crippen LogP contribution in [0.15, 0.2) is 54.6 Å². The molecule has 4 heteroatoms. The maximum absolute atomic E-state index is 12.1. The fraction of sp³-hybridized carbons (Fsp3) is 0.188. The van der Waals surface area contributed by atoms with Crippen LogP contribution >= 0.6 is 0 Å². The second-order valence-electron chi connectivity index (χ2n) is 4.29. The van der Waals surface area contributed by atoms with E-state index in [0.717, 1.165) is 11.4 Å². The average molecular weight is 270 g/mol. The molecule has 2 N–H and O–H groups in total. The molecule has 2 aromatic carbocycles. The monoisotopic (exact) mass is 270 g/mol. The zero-order valence-electron chi connectivity index (χ0n) is 11.4. The van der Waals surface area contributed by atoms with E-state index in [1.54, 1.807) is 13.2 Å². The first-order valence-electron chi connectivity index (χ1n) is 6.49. The Labute approximate surface area is 118 Å². The minimum atomic E-state index is -0.110. The number of benzene rings is 2. The standard InChI is InChI=1S/C16H18N2O2/c1-20-12-11-17-16(19)14-9-5-6-10-15(14)18-13-7-3-2-4-8-13/h2-10,18H,11-12H2,1H3,(H,17,19). The second-order valence-corrected chi connectivity index (χ2v) is 4.29. The first-order chi connectivity index (χ1) is 9.81. The number of anilines is 2. The summed E-state index contributed by atoms with van der Waals surface area (Å²) < 4.78 is 4.92. The second kappa shape index (κ2) is 7.31.